The Labute approximate surface area is 161 Å². The Morgan fingerprint density at radius 1 is 1.08 bits per heavy atom. The van der Waals surface area contributed by atoms with Crippen molar-refractivity contribution < 1.29 is 18.3 Å². The highest BCUT2D eigenvalue weighted by molar-refractivity contribution is 9.10. The zero-order valence-corrected chi connectivity index (χ0v) is 16.4. The Kier molecular flexibility index (Phi) is 5.64. The molecule has 1 fully saturated rings. The predicted molar refractivity (Wildman–Crippen MR) is 103 cm³/mol. The monoisotopic (exact) mass is 438 g/mol. The molecule has 0 spiro atoms. The number of benzene rings is 2. The van der Waals surface area contributed by atoms with Gasteiger partial charge in [0.2, 0.25) is 10.0 Å². The standard InChI is InChI=1S/C18H19BrN2O4S/c19-14-9-8-13(18(23)20-15-6-2-3-7-16(15)22)12-17(14)26(24,25)21-10-4-1-5-11-21/h2-3,6-9,12,22H,1,4-5,10-11H2,(H,20,23). The summed E-state index contributed by atoms with van der Waals surface area (Å²) in [5.74, 6) is -0.548. The molecule has 1 amide bonds. The van der Waals surface area contributed by atoms with Crippen molar-refractivity contribution in [2.45, 2.75) is 24.2 Å². The SMILES string of the molecule is O=C(Nc1ccccc1O)c1ccc(Br)c(S(=O)(=O)N2CCCCC2)c1. The number of phenolic OH excluding ortho intramolecular Hbond substituents is 1. The molecular formula is C18H19BrN2O4S. The fourth-order valence-corrected chi connectivity index (χ4v) is 5.33. The van der Waals surface area contributed by atoms with Crippen LogP contribution in [0.4, 0.5) is 5.69 Å². The van der Waals surface area contributed by atoms with E-state index in [1.807, 2.05) is 0 Å². The highest BCUT2D eigenvalue weighted by atomic mass is 79.9. The molecule has 6 nitrogen and oxygen atoms in total. The summed E-state index contributed by atoms with van der Waals surface area (Å²) in [6.45, 7) is 0.978. The normalized spacial score (nSPS) is 15.6. The smallest absolute Gasteiger partial charge is 0.255 e. The van der Waals surface area contributed by atoms with E-state index >= 15 is 0 Å². The van der Waals surface area contributed by atoms with Gasteiger partial charge >= 0.3 is 0 Å². The van der Waals surface area contributed by atoms with Crippen molar-refractivity contribution in [1.82, 2.24) is 4.31 Å². The van der Waals surface area contributed by atoms with Crippen LogP contribution in [0.2, 0.25) is 0 Å². The maximum absolute atomic E-state index is 12.9. The molecule has 26 heavy (non-hydrogen) atoms. The average Bonchev–Trinajstić information content (AvgIpc) is 2.64. The molecule has 0 aliphatic carbocycles. The number of rotatable bonds is 4. The van der Waals surface area contributed by atoms with Crippen LogP contribution in [0.1, 0.15) is 29.6 Å². The Morgan fingerprint density at radius 3 is 2.46 bits per heavy atom. The number of aromatic hydroxyl groups is 1. The van der Waals surface area contributed by atoms with E-state index in [4.69, 9.17) is 0 Å². The molecule has 3 rings (SSSR count). The lowest BCUT2D eigenvalue weighted by Gasteiger charge is -2.26. The number of carbonyl (C=O) groups excluding carboxylic acids is 1. The van der Waals surface area contributed by atoms with Crippen molar-refractivity contribution >= 4 is 37.5 Å². The lowest BCUT2D eigenvalue weighted by Crippen LogP contribution is -2.35. The maximum atomic E-state index is 12.9. The minimum absolute atomic E-state index is 0.0564. The molecule has 8 heteroatoms. The number of nitrogens with zero attached hydrogens (tertiary/aromatic N) is 1. The summed E-state index contributed by atoms with van der Waals surface area (Å²) >= 11 is 3.28. The van der Waals surface area contributed by atoms with Crippen molar-refractivity contribution in [3.05, 3.63) is 52.5 Å². The first kappa shape index (κ1) is 18.9. The topological polar surface area (TPSA) is 86.7 Å². The van der Waals surface area contributed by atoms with Gasteiger partial charge in [0.05, 0.1) is 10.6 Å². The van der Waals surface area contributed by atoms with Gasteiger partial charge < -0.3 is 10.4 Å². The molecule has 0 atom stereocenters. The van der Waals surface area contributed by atoms with Gasteiger partial charge in [-0.1, -0.05) is 18.6 Å². The number of hydrogen-bond donors (Lipinski definition) is 2. The van der Waals surface area contributed by atoms with Crippen LogP contribution in [-0.4, -0.2) is 36.8 Å². The third-order valence-electron chi connectivity index (χ3n) is 4.28. The highest BCUT2D eigenvalue weighted by Gasteiger charge is 2.28. The van der Waals surface area contributed by atoms with Crippen molar-refractivity contribution in [1.29, 1.82) is 0 Å². The molecule has 0 bridgehead atoms. The Morgan fingerprint density at radius 2 is 1.77 bits per heavy atom. The molecule has 2 aromatic rings. The minimum Gasteiger partial charge on any atom is -0.506 e. The van der Waals surface area contributed by atoms with E-state index < -0.39 is 15.9 Å². The first-order valence-electron chi connectivity index (χ1n) is 8.28. The van der Waals surface area contributed by atoms with Crippen LogP contribution < -0.4 is 5.32 Å². The maximum Gasteiger partial charge on any atom is 0.255 e. The molecule has 0 aromatic heterocycles. The van der Waals surface area contributed by atoms with Crippen LogP contribution in [0.3, 0.4) is 0 Å². The number of sulfonamides is 1. The van der Waals surface area contributed by atoms with Crippen LogP contribution in [0.25, 0.3) is 0 Å². The number of halogens is 1. The molecule has 0 radical (unpaired) electrons. The lowest BCUT2D eigenvalue weighted by atomic mass is 10.2. The van der Waals surface area contributed by atoms with Crippen LogP contribution in [0.15, 0.2) is 51.8 Å². The zero-order chi connectivity index (χ0) is 18.7. The summed E-state index contributed by atoms with van der Waals surface area (Å²) in [5.41, 5.74) is 0.466. The molecule has 1 aliphatic heterocycles. The van der Waals surface area contributed by atoms with E-state index in [2.05, 4.69) is 21.2 Å². The molecule has 1 aliphatic rings. The first-order chi connectivity index (χ1) is 12.4. The van der Waals surface area contributed by atoms with E-state index in [0.717, 1.165) is 19.3 Å². The fourth-order valence-electron chi connectivity index (χ4n) is 2.86. The summed E-state index contributed by atoms with van der Waals surface area (Å²) in [6, 6.07) is 10.8. The summed E-state index contributed by atoms with van der Waals surface area (Å²) in [7, 11) is -3.67. The van der Waals surface area contributed by atoms with E-state index in [9.17, 15) is 18.3 Å². The first-order valence-corrected chi connectivity index (χ1v) is 10.5. The lowest BCUT2D eigenvalue weighted by molar-refractivity contribution is 0.102. The molecule has 2 N–H and O–H groups in total. The summed E-state index contributed by atoms with van der Waals surface area (Å²) in [4.78, 5) is 12.6. The van der Waals surface area contributed by atoms with E-state index in [1.54, 1.807) is 24.3 Å². The quantitative estimate of drug-likeness (QED) is 0.714. The van der Waals surface area contributed by atoms with Crippen LogP contribution in [0, 0.1) is 0 Å². The Balaban J connectivity index is 1.90. The van der Waals surface area contributed by atoms with E-state index in [0.29, 0.717) is 17.6 Å². The van der Waals surface area contributed by atoms with E-state index in [-0.39, 0.29) is 21.9 Å². The second kappa shape index (κ2) is 7.77. The predicted octanol–water partition coefficient (Wildman–Crippen LogP) is 3.58. The van der Waals surface area contributed by atoms with Crippen molar-refractivity contribution in [2.75, 3.05) is 18.4 Å². The number of anilines is 1. The average molecular weight is 439 g/mol. The van der Waals surface area contributed by atoms with Gasteiger partial charge in [-0.05, 0) is 59.1 Å². The molecule has 0 saturated carbocycles. The van der Waals surface area contributed by atoms with Crippen molar-refractivity contribution in [2.24, 2.45) is 0 Å². The van der Waals surface area contributed by atoms with Gasteiger partial charge in [0, 0.05) is 23.1 Å². The van der Waals surface area contributed by atoms with Gasteiger partial charge in [-0.15, -0.1) is 0 Å². The highest BCUT2D eigenvalue weighted by Crippen LogP contribution is 2.29. The molecule has 138 valence electrons. The summed E-state index contributed by atoms with van der Waals surface area (Å²) in [6.07, 6.45) is 2.70. The number of amides is 1. The molecular weight excluding hydrogens is 420 g/mol. The van der Waals surface area contributed by atoms with Crippen LogP contribution >= 0.6 is 15.9 Å². The number of para-hydroxylation sites is 2. The van der Waals surface area contributed by atoms with Gasteiger partial charge in [0.1, 0.15) is 5.75 Å². The molecule has 1 heterocycles. The van der Waals surface area contributed by atoms with Crippen molar-refractivity contribution in [3.63, 3.8) is 0 Å². The van der Waals surface area contributed by atoms with E-state index in [1.165, 1.54) is 22.5 Å². The number of piperidine rings is 1. The number of nitrogens with one attached hydrogen (secondary N) is 1. The van der Waals surface area contributed by atoms with Gasteiger partial charge in [-0.25, -0.2) is 8.42 Å². The van der Waals surface area contributed by atoms with Gasteiger partial charge in [-0.2, -0.15) is 4.31 Å². The second-order valence-corrected chi connectivity index (χ2v) is 8.84. The number of hydrogen-bond acceptors (Lipinski definition) is 4. The molecule has 1 saturated heterocycles. The van der Waals surface area contributed by atoms with Crippen molar-refractivity contribution in [3.8, 4) is 5.75 Å². The number of phenols is 1. The minimum atomic E-state index is -3.67. The van der Waals surface area contributed by atoms with Crippen LogP contribution in [-0.2, 0) is 10.0 Å². The van der Waals surface area contributed by atoms with Gasteiger partial charge in [0.25, 0.3) is 5.91 Å². The molecule has 0 unspecified atom stereocenters. The zero-order valence-electron chi connectivity index (χ0n) is 14.0. The third-order valence-corrected chi connectivity index (χ3v) is 7.17. The Hall–Kier alpha value is -1.90. The fraction of sp³-hybridized carbons (Fsp3) is 0.278. The largest absolute Gasteiger partial charge is 0.506 e. The van der Waals surface area contributed by atoms with Gasteiger partial charge in [0.15, 0.2) is 0 Å². The van der Waals surface area contributed by atoms with Crippen LogP contribution in [0.5, 0.6) is 5.75 Å². The summed E-state index contributed by atoms with van der Waals surface area (Å²) < 4.78 is 27.7. The third kappa shape index (κ3) is 3.92. The van der Waals surface area contributed by atoms with Gasteiger partial charge in [-0.3, -0.25) is 4.79 Å². The number of carbonyl (C=O) groups is 1. The summed E-state index contributed by atoms with van der Waals surface area (Å²) in [5, 5.41) is 12.4. The Bertz CT molecular complexity index is 925. The molecule has 2 aromatic carbocycles. The second-order valence-electron chi connectivity index (χ2n) is 6.08.